The molecule has 0 aromatic heterocycles. The van der Waals surface area contributed by atoms with Gasteiger partial charge in [-0.3, -0.25) is 0 Å². The maximum atomic E-state index is 6.05. The number of rotatable bonds is 5. The third-order valence-corrected chi connectivity index (χ3v) is 4.00. The van der Waals surface area contributed by atoms with Gasteiger partial charge in [-0.1, -0.05) is 11.6 Å². The summed E-state index contributed by atoms with van der Waals surface area (Å²) in [5.41, 5.74) is 1.24. The van der Waals surface area contributed by atoms with Crippen molar-refractivity contribution in [2.75, 3.05) is 20.7 Å². The normalized spacial score (nSPS) is 23.2. The summed E-state index contributed by atoms with van der Waals surface area (Å²) in [6.45, 7) is 1.12. The molecule has 1 fully saturated rings. The molecule has 2 nitrogen and oxygen atoms in total. The predicted molar refractivity (Wildman–Crippen MR) is 71.8 cm³/mol. The smallest absolute Gasteiger partial charge is 0.122 e. The number of nitrogens with one attached hydrogen (secondary N) is 1. The lowest BCUT2D eigenvalue weighted by Crippen LogP contribution is -2.35. The minimum absolute atomic E-state index is 0.773. The van der Waals surface area contributed by atoms with E-state index in [0.717, 1.165) is 35.6 Å². The Morgan fingerprint density at radius 2 is 2.12 bits per heavy atom. The van der Waals surface area contributed by atoms with Gasteiger partial charge in [0.05, 0.1) is 7.11 Å². The summed E-state index contributed by atoms with van der Waals surface area (Å²) in [6, 6.07) is 5.88. The Morgan fingerprint density at radius 3 is 2.71 bits per heavy atom. The molecule has 2 unspecified atom stereocenters. The zero-order valence-corrected chi connectivity index (χ0v) is 11.3. The van der Waals surface area contributed by atoms with E-state index in [1.165, 1.54) is 18.4 Å². The van der Waals surface area contributed by atoms with Crippen LogP contribution in [-0.2, 0) is 6.42 Å². The Labute approximate surface area is 108 Å². The number of benzene rings is 1. The van der Waals surface area contributed by atoms with E-state index < -0.39 is 0 Å². The van der Waals surface area contributed by atoms with Gasteiger partial charge in [-0.25, -0.2) is 0 Å². The van der Waals surface area contributed by atoms with E-state index in [4.69, 9.17) is 16.3 Å². The zero-order chi connectivity index (χ0) is 12.3. The first kappa shape index (κ1) is 12.7. The monoisotopic (exact) mass is 253 g/mol. The average molecular weight is 254 g/mol. The van der Waals surface area contributed by atoms with Gasteiger partial charge in [-0.2, -0.15) is 0 Å². The minimum atomic E-state index is 0.773. The van der Waals surface area contributed by atoms with E-state index in [1.54, 1.807) is 7.11 Å². The molecule has 1 N–H and O–H groups in total. The molecule has 0 radical (unpaired) electrons. The summed E-state index contributed by atoms with van der Waals surface area (Å²) in [5.74, 6) is 2.54. The van der Waals surface area contributed by atoms with Gasteiger partial charge < -0.3 is 10.1 Å². The van der Waals surface area contributed by atoms with Crippen molar-refractivity contribution in [3.8, 4) is 5.75 Å². The predicted octanol–water partition coefficient (Wildman–Crippen LogP) is 3.14. The molecule has 0 amide bonds. The van der Waals surface area contributed by atoms with Gasteiger partial charge in [0, 0.05) is 5.02 Å². The molecule has 0 heterocycles. The van der Waals surface area contributed by atoms with Crippen molar-refractivity contribution in [2.24, 2.45) is 11.8 Å². The van der Waals surface area contributed by atoms with Crippen molar-refractivity contribution in [2.45, 2.75) is 19.3 Å². The highest BCUT2D eigenvalue weighted by atomic mass is 35.5. The summed E-state index contributed by atoms with van der Waals surface area (Å²) < 4.78 is 5.39. The molecular weight excluding hydrogens is 234 g/mol. The van der Waals surface area contributed by atoms with E-state index in [0.29, 0.717) is 0 Å². The van der Waals surface area contributed by atoms with E-state index in [2.05, 4.69) is 5.32 Å². The van der Waals surface area contributed by atoms with Crippen molar-refractivity contribution < 1.29 is 4.74 Å². The Kier molecular flexibility index (Phi) is 4.30. The quantitative estimate of drug-likeness (QED) is 0.871. The standard InChI is InChI=1S/C14H20ClNO/c1-16-9-11-4-3-10(11)7-12-8-13(15)5-6-14(12)17-2/h5-6,8,10-11,16H,3-4,7,9H2,1-2H3. The topological polar surface area (TPSA) is 21.3 Å². The van der Waals surface area contributed by atoms with Crippen molar-refractivity contribution >= 4 is 11.6 Å². The number of hydrogen-bond donors (Lipinski definition) is 1. The molecule has 94 valence electrons. The van der Waals surface area contributed by atoms with Gasteiger partial charge >= 0.3 is 0 Å². The van der Waals surface area contributed by atoms with Crippen molar-refractivity contribution in [3.05, 3.63) is 28.8 Å². The molecule has 1 saturated carbocycles. The second-order valence-electron chi connectivity index (χ2n) is 4.82. The molecule has 2 atom stereocenters. The molecule has 1 aliphatic rings. The van der Waals surface area contributed by atoms with Gasteiger partial charge in [0.25, 0.3) is 0 Å². The first-order valence-corrected chi connectivity index (χ1v) is 6.59. The van der Waals surface area contributed by atoms with Crippen LogP contribution in [0.15, 0.2) is 18.2 Å². The van der Waals surface area contributed by atoms with Crippen LogP contribution in [0.4, 0.5) is 0 Å². The fourth-order valence-electron chi connectivity index (χ4n) is 2.63. The Hall–Kier alpha value is -0.730. The highest BCUT2D eigenvalue weighted by Gasteiger charge is 2.30. The molecule has 2 rings (SSSR count). The van der Waals surface area contributed by atoms with Crippen LogP contribution in [0.2, 0.25) is 5.02 Å². The number of hydrogen-bond acceptors (Lipinski definition) is 2. The first-order chi connectivity index (χ1) is 8.24. The summed E-state index contributed by atoms with van der Waals surface area (Å²) >= 11 is 6.05. The van der Waals surface area contributed by atoms with E-state index >= 15 is 0 Å². The lowest BCUT2D eigenvalue weighted by Gasteiger charge is -2.37. The third kappa shape index (κ3) is 2.93. The molecule has 1 aromatic rings. The molecule has 0 spiro atoms. The molecule has 17 heavy (non-hydrogen) atoms. The van der Waals surface area contributed by atoms with Crippen LogP contribution in [-0.4, -0.2) is 20.7 Å². The van der Waals surface area contributed by atoms with Gasteiger partial charge in [-0.15, -0.1) is 0 Å². The molecule has 0 saturated heterocycles. The lowest BCUT2D eigenvalue weighted by atomic mass is 9.70. The van der Waals surface area contributed by atoms with Crippen LogP contribution in [0.5, 0.6) is 5.75 Å². The van der Waals surface area contributed by atoms with Gasteiger partial charge in [0.2, 0.25) is 0 Å². The fraction of sp³-hybridized carbons (Fsp3) is 0.571. The summed E-state index contributed by atoms with van der Waals surface area (Å²) in [6.07, 6.45) is 3.74. The minimum Gasteiger partial charge on any atom is -0.496 e. The summed E-state index contributed by atoms with van der Waals surface area (Å²) in [7, 11) is 3.74. The largest absolute Gasteiger partial charge is 0.496 e. The third-order valence-electron chi connectivity index (χ3n) is 3.77. The molecular formula is C14H20ClNO. The van der Waals surface area contributed by atoms with Gasteiger partial charge in [0.1, 0.15) is 5.75 Å². The Morgan fingerprint density at radius 1 is 1.35 bits per heavy atom. The zero-order valence-electron chi connectivity index (χ0n) is 10.5. The number of ether oxygens (including phenoxy) is 1. The number of methoxy groups -OCH3 is 1. The van der Waals surface area contributed by atoms with Crippen molar-refractivity contribution in [3.63, 3.8) is 0 Å². The molecule has 0 bridgehead atoms. The van der Waals surface area contributed by atoms with Crippen LogP contribution in [0.3, 0.4) is 0 Å². The maximum absolute atomic E-state index is 6.05. The van der Waals surface area contributed by atoms with E-state index in [9.17, 15) is 0 Å². The summed E-state index contributed by atoms with van der Waals surface area (Å²) in [5, 5.41) is 4.06. The Balaban J connectivity index is 2.05. The molecule has 1 aliphatic carbocycles. The SMILES string of the molecule is CNCC1CCC1Cc1cc(Cl)ccc1OC. The second-order valence-corrected chi connectivity index (χ2v) is 5.25. The highest BCUT2D eigenvalue weighted by molar-refractivity contribution is 6.30. The second kappa shape index (κ2) is 5.74. The van der Waals surface area contributed by atoms with E-state index in [1.807, 2.05) is 25.2 Å². The van der Waals surface area contributed by atoms with Crippen LogP contribution >= 0.6 is 11.6 Å². The van der Waals surface area contributed by atoms with Crippen LogP contribution in [0, 0.1) is 11.8 Å². The Bertz CT molecular complexity index is 380. The van der Waals surface area contributed by atoms with Gasteiger partial charge in [0.15, 0.2) is 0 Å². The van der Waals surface area contributed by atoms with E-state index in [-0.39, 0.29) is 0 Å². The molecule has 1 aromatic carbocycles. The van der Waals surface area contributed by atoms with Crippen LogP contribution < -0.4 is 10.1 Å². The fourth-order valence-corrected chi connectivity index (χ4v) is 2.82. The first-order valence-electron chi connectivity index (χ1n) is 6.21. The average Bonchev–Trinajstić information content (AvgIpc) is 2.32. The summed E-state index contributed by atoms with van der Waals surface area (Å²) in [4.78, 5) is 0. The highest BCUT2D eigenvalue weighted by Crippen LogP contribution is 2.38. The molecule has 3 heteroatoms. The lowest BCUT2D eigenvalue weighted by molar-refractivity contribution is 0.173. The van der Waals surface area contributed by atoms with Gasteiger partial charge in [-0.05, 0) is 68.5 Å². The number of halogens is 1. The molecule has 0 aliphatic heterocycles. The van der Waals surface area contributed by atoms with Crippen LogP contribution in [0.1, 0.15) is 18.4 Å². The maximum Gasteiger partial charge on any atom is 0.122 e. The van der Waals surface area contributed by atoms with Crippen LogP contribution in [0.25, 0.3) is 0 Å². The van der Waals surface area contributed by atoms with Crippen molar-refractivity contribution in [1.82, 2.24) is 5.32 Å². The van der Waals surface area contributed by atoms with Crippen molar-refractivity contribution in [1.29, 1.82) is 0 Å².